The number of carbonyl (C=O) groups excluding carboxylic acids is 1. The van der Waals surface area contributed by atoms with Crippen LogP contribution in [-0.2, 0) is 6.18 Å². The molecule has 188 valence electrons. The summed E-state index contributed by atoms with van der Waals surface area (Å²) < 4.78 is 39.1. The van der Waals surface area contributed by atoms with Crippen LogP contribution >= 0.6 is 23.2 Å². The zero-order valence-electron chi connectivity index (χ0n) is 19.3. The van der Waals surface area contributed by atoms with Gasteiger partial charge in [-0.05, 0) is 72.2 Å². The fraction of sp³-hybridized carbons (Fsp3) is 0.143. The second kappa shape index (κ2) is 10.1. The van der Waals surface area contributed by atoms with E-state index in [1.54, 1.807) is 41.3 Å². The molecule has 2 heterocycles. The highest BCUT2D eigenvalue weighted by Crippen LogP contribution is 2.34. The molecule has 0 aliphatic carbocycles. The summed E-state index contributed by atoms with van der Waals surface area (Å²) in [5, 5.41) is 4.77. The lowest BCUT2D eigenvalue weighted by Crippen LogP contribution is -2.34. The number of benzene rings is 3. The molecule has 37 heavy (non-hydrogen) atoms. The van der Waals surface area contributed by atoms with E-state index in [2.05, 4.69) is 10.3 Å². The number of fused-ring (bicyclic) bond motifs is 1. The predicted molar refractivity (Wildman–Crippen MR) is 141 cm³/mol. The number of anilines is 2. The van der Waals surface area contributed by atoms with E-state index in [1.807, 2.05) is 18.2 Å². The molecule has 1 aliphatic heterocycles. The Bertz CT molecular complexity index is 1520. The summed E-state index contributed by atoms with van der Waals surface area (Å²) in [6.45, 7) is 1.06. The third-order valence-corrected chi connectivity index (χ3v) is 7.01. The number of nitrogens with zero attached hydrogens (tertiary/aromatic N) is 2. The Morgan fingerprint density at radius 3 is 2.41 bits per heavy atom. The van der Waals surface area contributed by atoms with Crippen molar-refractivity contribution in [3.8, 4) is 0 Å². The third kappa shape index (κ3) is 5.43. The van der Waals surface area contributed by atoms with Crippen LogP contribution in [0.25, 0.3) is 16.5 Å². The predicted octanol–water partition coefficient (Wildman–Crippen LogP) is 8.23. The van der Waals surface area contributed by atoms with E-state index in [9.17, 15) is 18.0 Å². The number of amides is 1. The number of pyridine rings is 1. The molecule has 0 radical (unpaired) electrons. The Labute approximate surface area is 221 Å². The third-order valence-electron chi connectivity index (χ3n) is 6.27. The molecule has 5 rings (SSSR count). The van der Waals surface area contributed by atoms with Crippen LogP contribution in [0.3, 0.4) is 0 Å². The number of hydrogen-bond donors (Lipinski definition) is 1. The fourth-order valence-electron chi connectivity index (χ4n) is 4.28. The van der Waals surface area contributed by atoms with Gasteiger partial charge in [-0.15, -0.1) is 0 Å². The summed E-state index contributed by atoms with van der Waals surface area (Å²) in [7, 11) is 0. The minimum Gasteiger partial charge on any atom is -0.355 e. The summed E-state index contributed by atoms with van der Waals surface area (Å²) in [6.07, 6.45) is -0.250. The molecule has 1 amide bonds. The van der Waals surface area contributed by atoms with E-state index in [-0.39, 0.29) is 11.4 Å². The maximum atomic E-state index is 13.0. The highest BCUT2D eigenvalue weighted by Gasteiger charge is 2.30. The lowest BCUT2D eigenvalue weighted by Gasteiger charge is -2.27. The van der Waals surface area contributed by atoms with Gasteiger partial charge in [-0.3, -0.25) is 9.78 Å². The van der Waals surface area contributed by atoms with Gasteiger partial charge in [-0.2, -0.15) is 13.2 Å². The van der Waals surface area contributed by atoms with Crippen molar-refractivity contribution in [2.75, 3.05) is 18.4 Å². The zero-order valence-corrected chi connectivity index (χ0v) is 20.8. The van der Waals surface area contributed by atoms with E-state index < -0.39 is 11.7 Å². The van der Waals surface area contributed by atoms with Crippen molar-refractivity contribution < 1.29 is 18.0 Å². The summed E-state index contributed by atoms with van der Waals surface area (Å²) in [6, 6.07) is 17.7. The zero-order chi connectivity index (χ0) is 26.2. The number of halogens is 5. The Morgan fingerprint density at radius 2 is 1.73 bits per heavy atom. The molecule has 0 atom stereocenters. The van der Waals surface area contributed by atoms with Crippen molar-refractivity contribution >= 4 is 57.0 Å². The second-order valence-corrected chi connectivity index (χ2v) is 9.46. The van der Waals surface area contributed by atoms with Gasteiger partial charge in [-0.1, -0.05) is 41.4 Å². The molecular weight excluding hydrogens is 522 g/mol. The summed E-state index contributed by atoms with van der Waals surface area (Å²) in [5.74, 6) is -0.0787. The lowest BCUT2D eigenvalue weighted by atomic mass is 9.99. The molecule has 1 aliphatic rings. The van der Waals surface area contributed by atoms with Crippen LogP contribution in [0.15, 0.2) is 79.0 Å². The maximum absolute atomic E-state index is 13.0. The van der Waals surface area contributed by atoms with Crippen LogP contribution in [0.1, 0.15) is 27.9 Å². The molecular formula is C28H20Cl2F3N3O. The van der Waals surface area contributed by atoms with E-state index in [0.29, 0.717) is 51.9 Å². The van der Waals surface area contributed by atoms with Crippen LogP contribution in [0, 0.1) is 0 Å². The monoisotopic (exact) mass is 541 g/mol. The first-order valence-corrected chi connectivity index (χ1v) is 12.2. The van der Waals surface area contributed by atoms with Gasteiger partial charge in [-0.25, -0.2) is 0 Å². The first-order chi connectivity index (χ1) is 17.7. The number of rotatable bonds is 4. The molecule has 3 aromatic carbocycles. The average Bonchev–Trinajstić information content (AvgIpc) is 2.90. The summed E-state index contributed by atoms with van der Waals surface area (Å²) in [5.41, 5.74) is 3.47. The van der Waals surface area contributed by atoms with E-state index >= 15 is 0 Å². The van der Waals surface area contributed by atoms with E-state index in [0.717, 1.165) is 23.3 Å². The Balaban J connectivity index is 1.28. The first kappa shape index (κ1) is 25.1. The van der Waals surface area contributed by atoms with Gasteiger partial charge in [0, 0.05) is 41.6 Å². The van der Waals surface area contributed by atoms with Gasteiger partial charge in [0.05, 0.1) is 21.1 Å². The minimum absolute atomic E-state index is 0.0787. The standard InChI is InChI=1S/C28H20Cl2F3N3O/c29-23-8-3-19(15-24(23)30)17-10-13-36(14-11-17)27(37)18-1-5-21(6-2-18)35-25-9-12-34-26-16-20(28(31,32)33)4-7-22(25)26/h1-10,12,15-16H,11,13-14H2,(H,34,35). The largest absolute Gasteiger partial charge is 0.416 e. The van der Waals surface area contributed by atoms with Gasteiger partial charge in [0.25, 0.3) is 5.91 Å². The van der Waals surface area contributed by atoms with Crippen LogP contribution < -0.4 is 5.32 Å². The molecule has 9 heteroatoms. The van der Waals surface area contributed by atoms with Crippen molar-refractivity contribution in [2.24, 2.45) is 0 Å². The smallest absolute Gasteiger partial charge is 0.355 e. The van der Waals surface area contributed by atoms with Gasteiger partial charge in [0.2, 0.25) is 0 Å². The number of hydrogen-bond acceptors (Lipinski definition) is 3. The Hall–Kier alpha value is -3.55. The molecule has 0 saturated carbocycles. The molecule has 0 spiro atoms. The van der Waals surface area contributed by atoms with Crippen LogP contribution in [-0.4, -0.2) is 28.9 Å². The molecule has 0 fully saturated rings. The van der Waals surface area contributed by atoms with Gasteiger partial charge < -0.3 is 10.2 Å². The Morgan fingerprint density at radius 1 is 0.946 bits per heavy atom. The minimum atomic E-state index is -4.43. The van der Waals surface area contributed by atoms with Crippen LogP contribution in [0.5, 0.6) is 0 Å². The SMILES string of the molecule is O=C(c1ccc(Nc2ccnc3cc(C(F)(F)F)ccc23)cc1)N1CC=C(c2ccc(Cl)c(Cl)c2)CC1. The van der Waals surface area contributed by atoms with E-state index in [1.165, 1.54) is 12.3 Å². The molecule has 1 N–H and O–H groups in total. The van der Waals surface area contributed by atoms with Gasteiger partial charge in [0.15, 0.2) is 0 Å². The summed E-state index contributed by atoms with van der Waals surface area (Å²) in [4.78, 5) is 18.9. The first-order valence-electron chi connectivity index (χ1n) is 11.5. The highest BCUT2D eigenvalue weighted by atomic mass is 35.5. The molecule has 0 unspecified atom stereocenters. The molecule has 1 aromatic heterocycles. The lowest BCUT2D eigenvalue weighted by molar-refractivity contribution is -0.137. The van der Waals surface area contributed by atoms with Crippen LogP contribution in [0.2, 0.25) is 10.0 Å². The second-order valence-electron chi connectivity index (χ2n) is 8.65. The number of aromatic nitrogens is 1. The van der Waals surface area contributed by atoms with Crippen molar-refractivity contribution in [2.45, 2.75) is 12.6 Å². The number of alkyl halides is 3. The van der Waals surface area contributed by atoms with E-state index in [4.69, 9.17) is 23.2 Å². The normalized spacial score (nSPS) is 14.0. The van der Waals surface area contributed by atoms with Gasteiger partial charge >= 0.3 is 6.18 Å². The number of nitrogens with one attached hydrogen (secondary N) is 1. The molecule has 4 nitrogen and oxygen atoms in total. The maximum Gasteiger partial charge on any atom is 0.416 e. The number of carbonyl (C=O) groups is 1. The topological polar surface area (TPSA) is 45.2 Å². The van der Waals surface area contributed by atoms with Crippen molar-refractivity contribution in [1.29, 1.82) is 0 Å². The van der Waals surface area contributed by atoms with Crippen molar-refractivity contribution in [1.82, 2.24) is 9.88 Å². The average molecular weight is 542 g/mol. The quantitative estimate of drug-likeness (QED) is 0.283. The van der Waals surface area contributed by atoms with Crippen molar-refractivity contribution in [3.63, 3.8) is 0 Å². The molecule has 0 saturated heterocycles. The fourth-order valence-corrected chi connectivity index (χ4v) is 4.58. The molecule has 0 bridgehead atoms. The van der Waals surface area contributed by atoms with Crippen LogP contribution in [0.4, 0.5) is 24.5 Å². The Kier molecular flexibility index (Phi) is 6.84. The van der Waals surface area contributed by atoms with Gasteiger partial charge in [0.1, 0.15) is 0 Å². The summed E-state index contributed by atoms with van der Waals surface area (Å²) >= 11 is 12.1. The van der Waals surface area contributed by atoms with Crippen molar-refractivity contribution in [3.05, 3.63) is 106 Å². The highest BCUT2D eigenvalue weighted by molar-refractivity contribution is 6.42. The molecule has 4 aromatic rings.